The maximum atomic E-state index is 13.1. The first kappa shape index (κ1) is 13.0. The minimum atomic E-state index is -4.51. The third kappa shape index (κ3) is 2.25. The summed E-state index contributed by atoms with van der Waals surface area (Å²) < 4.78 is 39.3. The first-order chi connectivity index (χ1) is 8.46. The van der Waals surface area contributed by atoms with Gasteiger partial charge in [-0.25, -0.2) is 0 Å². The van der Waals surface area contributed by atoms with Gasteiger partial charge >= 0.3 is 6.18 Å². The lowest BCUT2D eigenvalue weighted by atomic mass is 9.80. The highest BCUT2D eigenvalue weighted by molar-refractivity contribution is 5.88. The average Bonchev–Trinajstić information content (AvgIpc) is 2.80. The third-order valence-electron chi connectivity index (χ3n) is 3.30. The van der Waals surface area contributed by atoms with Crippen LogP contribution >= 0.6 is 0 Å². The summed E-state index contributed by atoms with van der Waals surface area (Å²) in [4.78, 5) is 15.9. The van der Waals surface area contributed by atoms with Crippen LogP contribution in [-0.4, -0.2) is 30.0 Å². The molecule has 0 aromatic carbocycles. The normalized spacial score (nSPS) is 24.2. The second-order valence-electron chi connectivity index (χ2n) is 4.43. The van der Waals surface area contributed by atoms with Gasteiger partial charge in [-0.05, 0) is 25.1 Å². The molecule has 6 heteroatoms. The third-order valence-corrected chi connectivity index (χ3v) is 3.30. The van der Waals surface area contributed by atoms with Crippen molar-refractivity contribution in [1.82, 2.24) is 10.3 Å². The van der Waals surface area contributed by atoms with E-state index >= 15 is 0 Å². The minimum Gasteiger partial charge on any atom is -0.315 e. The number of carbonyl (C=O) groups is 1. The van der Waals surface area contributed by atoms with E-state index < -0.39 is 17.4 Å². The summed E-state index contributed by atoms with van der Waals surface area (Å²) in [5, 5.41) is 2.63. The second-order valence-corrected chi connectivity index (χ2v) is 4.43. The van der Waals surface area contributed by atoms with Crippen molar-refractivity contribution in [1.29, 1.82) is 0 Å². The van der Waals surface area contributed by atoms with Crippen molar-refractivity contribution in [3.63, 3.8) is 0 Å². The summed E-state index contributed by atoms with van der Waals surface area (Å²) in [6, 6.07) is 4.87. The Bertz CT molecular complexity index is 425. The predicted molar refractivity (Wildman–Crippen MR) is 58.9 cm³/mol. The predicted octanol–water partition coefficient (Wildman–Crippen LogP) is 1.74. The van der Waals surface area contributed by atoms with Gasteiger partial charge in [0.15, 0.2) is 5.78 Å². The molecule has 1 aromatic heterocycles. The van der Waals surface area contributed by atoms with E-state index in [-0.39, 0.29) is 25.9 Å². The number of aromatic nitrogens is 1. The number of nitrogens with zero attached hydrogens (tertiary/aromatic N) is 1. The van der Waals surface area contributed by atoms with Gasteiger partial charge in [0.25, 0.3) is 0 Å². The van der Waals surface area contributed by atoms with Gasteiger partial charge in [-0.3, -0.25) is 9.78 Å². The number of hydrogen-bond donors (Lipinski definition) is 1. The number of halogens is 3. The lowest BCUT2D eigenvalue weighted by Gasteiger charge is -2.29. The summed E-state index contributed by atoms with van der Waals surface area (Å²) >= 11 is 0. The van der Waals surface area contributed by atoms with Crippen LogP contribution in [0.4, 0.5) is 13.2 Å². The van der Waals surface area contributed by atoms with Crippen LogP contribution < -0.4 is 5.32 Å². The van der Waals surface area contributed by atoms with E-state index in [0.29, 0.717) is 5.69 Å². The molecule has 98 valence electrons. The molecule has 1 unspecified atom stereocenters. The largest absolute Gasteiger partial charge is 0.402 e. The molecule has 0 amide bonds. The van der Waals surface area contributed by atoms with E-state index in [1.807, 2.05) is 0 Å². The highest BCUT2D eigenvalue weighted by atomic mass is 19.4. The smallest absolute Gasteiger partial charge is 0.315 e. The average molecular weight is 258 g/mol. The van der Waals surface area contributed by atoms with Crippen LogP contribution in [0.5, 0.6) is 0 Å². The van der Waals surface area contributed by atoms with Crippen LogP contribution in [0.3, 0.4) is 0 Å². The number of nitrogens with one attached hydrogen (secondary N) is 1. The molecule has 1 atom stereocenters. The Kier molecular flexibility index (Phi) is 3.38. The summed E-state index contributed by atoms with van der Waals surface area (Å²) in [5.41, 5.74) is -1.87. The topological polar surface area (TPSA) is 42.0 Å². The Labute approximate surface area is 102 Å². The highest BCUT2D eigenvalue weighted by Gasteiger charge is 2.60. The van der Waals surface area contributed by atoms with E-state index in [2.05, 4.69) is 10.3 Å². The number of alkyl halides is 3. The summed E-state index contributed by atoms with van der Waals surface area (Å²) in [5.74, 6) is -0.807. The SMILES string of the molecule is O=C(Cc1ccccn1)C1(C(F)(F)F)CCNC1. The molecule has 2 rings (SSSR count). The van der Waals surface area contributed by atoms with E-state index in [9.17, 15) is 18.0 Å². The van der Waals surface area contributed by atoms with Crippen molar-refractivity contribution < 1.29 is 18.0 Å². The van der Waals surface area contributed by atoms with E-state index in [1.165, 1.54) is 6.20 Å². The Balaban J connectivity index is 2.20. The number of ketones is 1. The highest BCUT2D eigenvalue weighted by Crippen LogP contribution is 2.44. The Hall–Kier alpha value is -1.43. The standard InChI is InChI=1S/C12H13F3N2O/c13-12(14,15)11(4-6-16-8-11)10(18)7-9-3-1-2-5-17-9/h1-3,5,16H,4,6-8H2. The van der Waals surface area contributed by atoms with Crippen LogP contribution in [0, 0.1) is 5.41 Å². The fourth-order valence-corrected chi connectivity index (χ4v) is 2.17. The second kappa shape index (κ2) is 4.68. The maximum absolute atomic E-state index is 13.1. The van der Waals surface area contributed by atoms with Crippen LogP contribution in [-0.2, 0) is 11.2 Å². The molecule has 0 aliphatic carbocycles. The first-order valence-electron chi connectivity index (χ1n) is 5.66. The van der Waals surface area contributed by atoms with Gasteiger partial charge in [0, 0.05) is 24.9 Å². The Morgan fingerprint density at radius 1 is 1.44 bits per heavy atom. The molecule has 0 spiro atoms. The van der Waals surface area contributed by atoms with E-state index in [0.717, 1.165) is 0 Å². The number of pyridine rings is 1. The molecule has 1 saturated heterocycles. The van der Waals surface area contributed by atoms with Crippen molar-refractivity contribution in [3.8, 4) is 0 Å². The molecule has 18 heavy (non-hydrogen) atoms. The Morgan fingerprint density at radius 2 is 2.22 bits per heavy atom. The van der Waals surface area contributed by atoms with Gasteiger partial charge in [0.05, 0.1) is 0 Å². The number of Topliss-reactive ketones (excluding diaryl/α,β-unsaturated/α-hetero) is 1. The molecular formula is C12H13F3N2O. The zero-order valence-corrected chi connectivity index (χ0v) is 9.63. The van der Waals surface area contributed by atoms with Gasteiger partial charge < -0.3 is 5.32 Å². The lowest BCUT2D eigenvalue weighted by Crippen LogP contribution is -2.47. The minimum absolute atomic E-state index is 0.192. The fourth-order valence-electron chi connectivity index (χ4n) is 2.17. The zero-order valence-electron chi connectivity index (χ0n) is 9.63. The van der Waals surface area contributed by atoms with Gasteiger partial charge in [-0.15, -0.1) is 0 Å². The molecule has 0 radical (unpaired) electrons. The van der Waals surface area contributed by atoms with Crippen LogP contribution in [0.15, 0.2) is 24.4 Å². The van der Waals surface area contributed by atoms with Crippen LogP contribution in [0.1, 0.15) is 12.1 Å². The molecule has 1 aliphatic heterocycles. The molecule has 1 aromatic rings. The number of carbonyl (C=O) groups excluding carboxylic acids is 1. The molecular weight excluding hydrogens is 245 g/mol. The molecule has 1 fully saturated rings. The lowest BCUT2D eigenvalue weighted by molar-refractivity contribution is -0.214. The van der Waals surface area contributed by atoms with Gasteiger partial charge in [-0.1, -0.05) is 6.07 Å². The van der Waals surface area contributed by atoms with Crippen molar-refractivity contribution in [2.24, 2.45) is 5.41 Å². The summed E-state index contributed by atoms with van der Waals surface area (Å²) in [7, 11) is 0. The first-order valence-corrected chi connectivity index (χ1v) is 5.66. The molecule has 0 bridgehead atoms. The van der Waals surface area contributed by atoms with Crippen LogP contribution in [0.2, 0.25) is 0 Å². The number of rotatable bonds is 3. The van der Waals surface area contributed by atoms with E-state index in [4.69, 9.17) is 0 Å². The molecule has 0 saturated carbocycles. The molecule has 1 N–H and O–H groups in total. The van der Waals surface area contributed by atoms with Crippen molar-refractivity contribution >= 4 is 5.78 Å². The van der Waals surface area contributed by atoms with Gasteiger partial charge in [0.2, 0.25) is 0 Å². The van der Waals surface area contributed by atoms with Crippen molar-refractivity contribution in [3.05, 3.63) is 30.1 Å². The molecule has 2 heterocycles. The maximum Gasteiger partial charge on any atom is 0.402 e. The van der Waals surface area contributed by atoms with E-state index in [1.54, 1.807) is 18.2 Å². The quantitative estimate of drug-likeness (QED) is 0.897. The molecule has 3 nitrogen and oxygen atoms in total. The Morgan fingerprint density at radius 3 is 2.72 bits per heavy atom. The van der Waals surface area contributed by atoms with Crippen LogP contribution in [0.25, 0.3) is 0 Å². The fraction of sp³-hybridized carbons (Fsp3) is 0.500. The molecule has 1 aliphatic rings. The summed E-state index contributed by atoms with van der Waals surface area (Å²) in [6.07, 6.45) is -3.51. The monoisotopic (exact) mass is 258 g/mol. The van der Waals surface area contributed by atoms with Gasteiger partial charge in [0.1, 0.15) is 5.41 Å². The summed E-state index contributed by atoms with van der Waals surface area (Å²) in [6.45, 7) is -0.115. The van der Waals surface area contributed by atoms with Crippen molar-refractivity contribution in [2.75, 3.05) is 13.1 Å². The zero-order chi connectivity index (χ0) is 13.2. The van der Waals surface area contributed by atoms with Crippen molar-refractivity contribution in [2.45, 2.75) is 19.0 Å². The number of hydrogen-bond acceptors (Lipinski definition) is 3. The van der Waals surface area contributed by atoms with Gasteiger partial charge in [-0.2, -0.15) is 13.2 Å².